The zero-order valence-electron chi connectivity index (χ0n) is 5.07. The number of hydrogen-bond acceptors (Lipinski definition) is 0. The highest BCUT2D eigenvalue weighted by Gasteiger charge is 2.02. The van der Waals surface area contributed by atoms with Gasteiger partial charge >= 0.3 is 19.3 Å². The van der Waals surface area contributed by atoms with E-state index in [-0.39, 0.29) is 0 Å². The van der Waals surface area contributed by atoms with Gasteiger partial charge in [-0.05, 0) is 12.1 Å². The lowest BCUT2D eigenvalue weighted by molar-refractivity contribution is 0.509. The quantitative estimate of drug-likeness (QED) is 0.563. The van der Waals surface area contributed by atoms with Gasteiger partial charge in [0, 0.05) is 0 Å². The van der Waals surface area contributed by atoms with Gasteiger partial charge < -0.3 is 9.07 Å². The Morgan fingerprint density at radius 1 is 1.20 bits per heavy atom. The minimum absolute atomic E-state index is 0.723. The normalized spacial score (nSPS) is 9.10. The summed E-state index contributed by atoms with van der Waals surface area (Å²) in [5, 5.41) is 0. The fourth-order valence-corrected chi connectivity index (χ4v) is 1.58. The molecule has 0 aromatic heterocycles. The third-order valence-electron chi connectivity index (χ3n) is 1.14. The van der Waals surface area contributed by atoms with Crippen LogP contribution in [0.15, 0.2) is 18.2 Å². The Balaban J connectivity index is 3.04. The molecule has 0 spiro atoms. The summed E-state index contributed by atoms with van der Waals surface area (Å²) >= 11 is -0.881. The highest BCUT2D eigenvalue weighted by molar-refractivity contribution is 7.01. The summed E-state index contributed by atoms with van der Waals surface area (Å²) in [5.41, 5.74) is 0. The smallest absolute Gasteiger partial charge is 0.336 e. The van der Waals surface area contributed by atoms with E-state index in [2.05, 4.69) is 0 Å². The zero-order valence-corrected chi connectivity index (χ0v) is 7.24. The molecule has 0 aliphatic heterocycles. The van der Waals surface area contributed by atoms with Crippen LogP contribution in [0.3, 0.4) is 0 Å². The molecule has 1 rings (SSSR count). The van der Waals surface area contributed by atoms with Gasteiger partial charge in [-0.2, -0.15) is 0 Å². The van der Waals surface area contributed by atoms with Gasteiger partial charge in [-0.1, -0.05) is 6.07 Å². The molecular formula is C6H3ClF2Mg. The molecule has 4 heteroatoms. The van der Waals surface area contributed by atoms with Gasteiger partial charge in [0.05, 0.1) is 0 Å². The van der Waals surface area contributed by atoms with E-state index in [0.29, 0.717) is 0 Å². The molecule has 0 nitrogen and oxygen atoms in total. The summed E-state index contributed by atoms with van der Waals surface area (Å²) in [6.45, 7) is 0. The van der Waals surface area contributed by atoms with Crippen molar-refractivity contribution in [2.75, 3.05) is 0 Å². The largest absolute Gasteiger partial charge is 0.538 e. The van der Waals surface area contributed by atoms with Gasteiger partial charge in [-0.3, -0.25) is 0 Å². The van der Waals surface area contributed by atoms with E-state index in [0.717, 1.165) is 15.8 Å². The van der Waals surface area contributed by atoms with Gasteiger partial charge in [0.15, 0.2) is 11.6 Å². The van der Waals surface area contributed by atoms with E-state index < -0.39 is 30.9 Å². The van der Waals surface area contributed by atoms with E-state index in [1.165, 1.54) is 6.07 Å². The minimum Gasteiger partial charge on any atom is -0.336 e. The van der Waals surface area contributed by atoms with Crippen LogP contribution in [-0.4, -0.2) is 19.3 Å². The third kappa shape index (κ3) is 1.81. The lowest BCUT2D eigenvalue weighted by atomic mass is 10.3. The molecule has 0 fully saturated rings. The van der Waals surface area contributed by atoms with Gasteiger partial charge in [-0.25, -0.2) is 8.78 Å². The topological polar surface area (TPSA) is 0 Å². The maximum absolute atomic E-state index is 12.4. The summed E-state index contributed by atoms with van der Waals surface area (Å²) in [4.78, 5) is 0. The van der Waals surface area contributed by atoms with Crippen molar-refractivity contribution in [3.05, 3.63) is 29.8 Å². The van der Waals surface area contributed by atoms with Crippen LogP contribution in [0, 0.1) is 11.6 Å². The Bertz CT molecular complexity index is 239. The van der Waals surface area contributed by atoms with Crippen molar-refractivity contribution >= 4 is 32.0 Å². The van der Waals surface area contributed by atoms with E-state index in [1.54, 1.807) is 0 Å². The molecule has 0 aliphatic rings. The maximum atomic E-state index is 12.4. The van der Waals surface area contributed by atoms with Crippen LogP contribution < -0.4 is 3.69 Å². The van der Waals surface area contributed by atoms with Crippen LogP contribution in [0.1, 0.15) is 0 Å². The van der Waals surface area contributed by atoms with Crippen molar-refractivity contribution in [1.82, 2.24) is 0 Å². The molecule has 1 aromatic rings. The summed E-state index contributed by atoms with van der Waals surface area (Å²) in [6.07, 6.45) is 0. The van der Waals surface area contributed by atoms with Crippen molar-refractivity contribution < 1.29 is 8.78 Å². The molecule has 0 amide bonds. The third-order valence-corrected chi connectivity index (χ3v) is 2.81. The van der Waals surface area contributed by atoms with Crippen molar-refractivity contribution in [2.24, 2.45) is 0 Å². The van der Waals surface area contributed by atoms with Gasteiger partial charge in [0.1, 0.15) is 0 Å². The molecule has 0 saturated heterocycles. The predicted molar refractivity (Wildman–Crippen MR) is 37.6 cm³/mol. The molecule has 0 aliphatic carbocycles. The fraction of sp³-hybridized carbons (Fsp3) is 0. The highest BCUT2D eigenvalue weighted by atomic mass is 35.5. The Kier molecular flexibility index (Phi) is 2.89. The summed E-state index contributed by atoms with van der Waals surface area (Å²) in [5.74, 6) is -1.63. The fourth-order valence-electron chi connectivity index (χ4n) is 0.623. The van der Waals surface area contributed by atoms with E-state index in [9.17, 15) is 8.78 Å². The van der Waals surface area contributed by atoms with Crippen LogP contribution in [0.5, 0.6) is 0 Å². The van der Waals surface area contributed by atoms with Crippen LogP contribution >= 0.6 is 9.07 Å². The summed E-state index contributed by atoms with van der Waals surface area (Å²) < 4.78 is 25.3. The second kappa shape index (κ2) is 3.50. The number of hydrogen-bond donors (Lipinski definition) is 0. The lowest BCUT2D eigenvalue weighted by Gasteiger charge is -1.94. The van der Waals surface area contributed by atoms with E-state index in [1.807, 2.05) is 0 Å². The maximum Gasteiger partial charge on any atom is 0.538 e. The Hall–Kier alpha value is 0.136. The van der Waals surface area contributed by atoms with Gasteiger partial charge in [0.2, 0.25) is 0 Å². The van der Waals surface area contributed by atoms with Gasteiger partial charge in [0.25, 0.3) is 0 Å². The second-order valence-electron chi connectivity index (χ2n) is 1.88. The first kappa shape index (κ1) is 8.23. The molecule has 0 N–H and O–H groups in total. The van der Waals surface area contributed by atoms with Crippen molar-refractivity contribution in [2.45, 2.75) is 0 Å². The van der Waals surface area contributed by atoms with Crippen LogP contribution in [-0.2, 0) is 0 Å². The molecule has 0 saturated carbocycles. The molecule has 10 heavy (non-hydrogen) atoms. The van der Waals surface area contributed by atoms with Crippen molar-refractivity contribution in [3.8, 4) is 0 Å². The first-order valence-corrected chi connectivity index (χ1v) is 5.58. The Morgan fingerprint density at radius 2 is 1.90 bits per heavy atom. The van der Waals surface area contributed by atoms with Crippen molar-refractivity contribution in [1.29, 1.82) is 0 Å². The lowest BCUT2D eigenvalue weighted by Crippen LogP contribution is -2.09. The molecule has 0 heterocycles. The molecule has 0 unspecified atom stereocenters. The predicted octanol–water partition coefficient (Wildman–Crippen LogP) is 1.45. The highest BCUT2D eigenvalue weighted by Crippen LogP contribution is 2.00. The second-order valence-corrected chi connectivity index (χ2v) is 3.77. The monoisotopic (exact) mass is 172 g/mol. The molecular weight excluding hydrogens is 170 g/mol. The van der Waals surface area contributed by atoms with Crippen LogP contribution in [0.4, 0.5) is 8.78 Å². The van der Waals surface area contributed by atoms with E-state index in [4.69, 9.17) is 9.07 Å². The standard InChI is InChI=1S/C6H3F2.ClH.Mg/c7-5-3-1-2-4-6(5)8;;/h1,3-4H;1H;/q;;+1/p-1. The first-order chi connectivity index (χ1) is 4.74. The number of benzene rings is 1. The Labute approximate surface area is 70.7 Å². The van der Waals surface area contributed by atoms with E-state index >= 15 is 0 Å². The Morgan fingerprint density at radius 3 is 2.40 bits per heavy atom. The van der Waals surface area contributed by atoms with Gasteiger partial charge in [-0.15, -0.1) is 3.69 Å². The number of halogens is 3. The molecule has 1 aromatic carbocycles. The molecule has 0 radical (unpaired) electrons. The number of rotatable bonds is 1. The minimum atomic E-state index is -0.881. The average molecular weight is 173 g/mol. The summed E-state index contributed by atoms with van der Waals surface area (Å²) in [7, 11) is 5.50. The van der Waals surface area contributed by atoms with Crippen LogP contribution in [0.2, 0.25) is 0 Å². The zero-order chi connectivity index (χ0) is 7.56. The SMILES string of the molecule is Fc1cc[c]([Mg][Cl])cc1F. The van der Waals surface area contributed by atoms with Crippen molar-refractivity contribution in [3.63, 3.8) is 0 Å². The molecule has 0 atom stereocenters. The average Bonchev–Trinajstić information content (AvgIpc) is 1.95. The first-order valence-electron chi connectivity index (χ1n) is 2.74. The summed E-state index contributed by atoms with van der Waals surface area (Å²) in [6, 6.07) is 3.76. The molecule has 50 valence electrons. The van der Waals surface area contributed by atoms with Crippen LogP contribution in [0.25, 0.3) is 0 Å². The molecule has 0 bridgehead atoms.